The quantitative estimate of drug-likeness (QED) is 0.404. The van der Waals surface area contributed by atoms with Crippen molar-refractivity contribution in [3.05, 3.63) is 81.9 Å². The normalized spacial score (nSPS) is 15.2. The molecule has 0 aliphatic carbocycles. The van der Waals surface area contributed by atoms with Gasteiger partial charge in [-0.05, 0) is 80.6 Å². The Morgan fingerprint density at radius 2 is 1.89 bits per heavy atom. The number of halogens is 1. The molecule has 0 fully saturated rings. The van der Waals surface area contributed by atoms with Gasteiger partial charge in [-0.1, -0.05) is 11.6 Å². The van der Waals surface area contributed by atoms with E-state index in [-0.39, 0.29) is 5.91 Å². The molecule has 1 atom stereocenters. The number of nitrogens with one attached hydrogen (secondary N) is 2. The standard InChI is InChI=1S/C29H35ClN6O2/c1-18-11-24(9-10-25(18)36-16-19(2)35(5)20(3)17-36)34-29-32-14-21(15-33-29)7-8-22-12-23(28(37)31-4)13-26(38-6)27(22)30/h9-16,20H,7-8,17H2,1-6H3,(H,31,37)(H,32,33,34)/t20-/m0/s1. The smallest absolute Gasteiger partial charge is 0.251 e. The lowest BCUT2D eigenvalue weighted by molar-refractivity contribution is 0.0962. The number of methoxy groups -OCH3 is 1. The zero-order valence-corrected chi connectivity index (χ0v) is 23.6. The molecule has 0 saturated heterocycles. The molecule has 0 unspecified atom stereocenters. The number of carbonyl (C=O) groups excluding carboxylic acids is 1. The number of aromatic nitrogens is 2. The maximum atomic E-state index is 12.1. The minimum atomic E-state index is -0.187. The fourth-order valence-electron chi connectivity index (χ4n) is 4.57. The van der Waals surface area contributed by atoms with Crippen LogP contribution in [0.3, 0.4) is 0 Å². The second-order valence-electron chi connectivity index (χ2n) is 9.65. The van der Waals surface area contributed by atoms with Crippen LogP contribution in [-0.4, -0.2) is 54.6 Å². The molecule has 3 aromatic rings. The zero-order chi connectivity index (χ0) is 27.4. The van der Waals surface area contributed by atoms with E-state index in [2.05, 4.69) is 82.6 Å². The average Bonchev–Trinajstić information content (AvgIpc) is 2.91. The summed E-state index contributed by atoms with van der Waals surface area (Å²) >= 11 is 6.50. The van der Waals surface area contributed by atoms with Crippen LogP contribution in [-0.2, 0) is 12.8 Å². The van der Waals surface area contributed by atoms with Crippen LogP contribution in [0.2, 0.25) is 5.02 Å². The van der Waals surface area contributed by atoms with Crippen LogP contribution >= 0.6 is 11.6 Å². The summed E-state index contributed by atoms with van der Waals surface area (Å²) in [7, 11) is 5.27. The number of allylic oxidation sites excluding steroid dienone is 1. The predicted octanol–water partition coefficient (Wildman–Crippen LogP) is 5.34. The summed E-state index contributed by atoms with van der Waals surface area (Å²) in [5.41, 5.74) is 6.87. The molecule has 2 aromatic carbocycles. The highest BCUT2D eigenvalue weighted by Gasteiger charge is 2.21. The molecule has 1 aliphatic heterocycles. The van der Waals surface area contributed by atoms with Crippen molar-refractivity contribution in [1.82, 2.24) is 20.2 Å². The van der Waals surface area contributed by atoms with E-state index < -0.39 is 0 Å². The fourth-order valence-corrected chi connectivity index (χ4v) is 4.85. The minimum absolute atomic E-state index is 0.187. The van der Waals surface area contributed by atoms with Gasteiger partial charge in [0.1, 0.15) is 5.75 Å². The second-order valence-corrected chi connectivity index (χ2v) is 10.0. The van der Waals surface area contributed by atoms with Crippen molar-refractivity contribution in [3.63, 3.8) is 0 Å². The number of aryl methyl sites for hydroxylation is 3. The minimum Gasteiger partial charge on any atom is -0.495 e. The highest BCUT2D eigenvalue weighted by molar-refractivity contribution is 6.33. The van der Waals surface area contributed by atoms with Crippen LogP contribution < -0.4 is 20.3 Å². The van der Waals surface area contributed by atoms with Gasteiger partial charge in [-0.3, -0.25) is 4.79 Å². The average molecular weight is 535 g/mol. The Hall–Kier alpha value is -3.78. The third-order valence-electron chi connectivity index (χ3n) is 7.00. The molecule has 0 saturated carbocycles. The van der Waals surface area contributed by atoms with E-state index >= 15 is 0 Å². The lowest BCUT2D eigenvalue weighted by Gasteiger charge is -2.38. The number of hydrogen-bond donors (Lipinski definition) is 2. The highest BCUT2D eigenvalue weighted by Crippen LogP contribution is 2.31. The first-order valence-corrected chi connectivity index (χ1v) is 13.0. The summed E-state index contributed by atoms with van der Waals surface area (Å²) in [5, 5.41) is 6.45. The molecular weight excluding hydrogens is 500 g/mol. The lowest BCUT2D eigenvalue weighted by atomic mass is 10.0. The second kappa shape index (κ2) is 11.7. The van der Waals surface area contributed by atoms with E-state index in [0.717, 1.165) is 23.4 Å². The molecule has 1 aromatic heterocycles. The Balaban J connectivity index is 1.42. The Morgan fingerprint density at radius 3 is 2.53 bits per heavy atom. The molecule has 4 rings (SSSR count). The van der Waals surface area contributed by atoms with Crippen molar-refractivity contribution in [3.8, 4) is 5.75 Å². The summed E-state index contributed by atoms with van der Waals surface area (Å²) in [6.45, 7) is 7.45. The van der Waals surface area contributed by atoms with Gasteiger partial charge in [0, 0.05) is 67.9 Å². The predicted molar refractivity (Wildman–Crippen MR) is 154 cm³/mol. The molecule has 9 heteroatoms. The van der Waals surface area contributed by atoms with Crippen molar-refractivity contribution >= 4 is 34.8 Å². The SMILES string of the molecule is CNC(=O)c1cc(CCc2cnc(Nc3ccc(N4C=C(C)N(C)[C@@H](C)C4)c(C)c3)nc2)c(Cl)c(OC)c1. The lowest BCUT2D eigenvalue weighted by Crippen LogP contribution is -2.42. The van der Waals surface area contributed by atoms with E-state index in [1.807, 2.05) is 12.4 Å². The summed E-state index contributed by atoms with van der Waals surface area (Å²) < 4.78 is 5.36. The van der Waals surface area contributed by atoms with Gasteiger partial charge in [0.05, 0.1) is 12.1 Å². The van der Waals surface area contributed by atoms with Gasteiger partial charge in [0.2, 0.25) is 5.95 Å². The summed E-state index contributed by atoms with van der Waals surface area (Å²) in [4.78, 5) is 25.7. The molecule has 1 aliphatic rings. The van der Waals surface area contributed by atoms with Crippen LogP contribution in [0.4, 0.5) is 17.3 Å². The van der Waals surface area contributed by atoms with Gasteiger partial charge in [0.15, 0.2) is 0 Å². The van der Waals surface area contributed by atoms with Crippen molar-refractivity contribution in [2.45, 2.75) is 39.7 Å². The fraction of sp³-hybridized carbons (Fsp3) is 0.345. The molecule has 0 bridgehead atoms. The van der Waals surface area contributed by atoms with E-state index in [1.54, 1.807) is 19.2 Å². The Kier molecular flexibility index (Phi) is 8.42. The molecule has 8 nitrogen and oxygen atoms in total. The maximum absolute atomic E-state index is 12.1. The summed E-state index contributed by atoms with van der Waals surface area (Å²) in [5.74, 6) is 0.826. The highest BCUT2D eigenvalue weighted by atomic mass is 35.5. The number of benzene rings is 2. The third-order valence-corrected chi connectivity index (χ3v) is 7.42. The van der Waals surface area contributed by atoms with Gasteiger partial charge in [-0.25, -0.2) is 9.97 Å². The summed E-state index contributed by atoms with van der Waals surface area (Å²) in [6, 6.07) is 10.2. The van der Waals surface area contributed by atoms with Gasteiger partial charge in [-0.2, -0.15) is 0 Å². The monoisotopic (exact) mass is 534 g/mol. The van der Waals surface area contributed by atoms with E-state index in [9.17, 15) is 4.79 Å². The molecule has 38 heavy (non-hydrogen) atoms. The number of anilines is 3. The number of ether oxygens (including phenoxy) is 1. The molecule has 0 spiro atoms. The molecule has 2 N–H and O–H groups in total. The number of amides is 1. The Labute approximate surface area is 229 Å². The number of carbonyl (C=O) groups is 1. The zero-order valence-electron chi connectivity index (χ0n) is 22.8. The van der Waals surface area contributed by atoms with Gasteiger partial charge in [0.25, 0.3) is 5.91 Å². The van der Waals surface area contributed by atoms with Gasteiger partial charge in [-0.15, -0.1) is 0 Å². The number of likely N-dealkylation sites (N-methyl/N-ethyl adjacent to an activating group) is 1. The van der Waals surface area contributed by atoms with Crippen molar-refractivity contribution in [1.29, 1.82) is 0 Å². The Morgan fingerprint density at radius 1 is 1.16 bits per heavy atom. The van der Waals surface area contributed by atoms with Crippen molar-refractivity contribution in [2.75, 3.05) is 38.0 Å². The van der Waals surface area contributed by atoms with Crippen molar-refractivity contribution in [2.24, 2.45) is 0 Å². The first-order valence-electron chi connectivity index (χ1n) is 12.6. The largest absolute Gasteiger partial charge is 0.495 e. The number of nitrogens with zero attached hydrogens (tertiary/aromatic N) is 4. The Bertz CT molecular complexity index is 1340. The maximum Gasteiger partial charge on any atom is 0.251 e. The first-order chi connectivity index (χ1) is 18.2. The molecular formula is C29H35ClN6O2. The van der Waals surface area contributed by atoms with E-state index in [4.69, 9.17) is 16.3 Å². The van der Waals surface area contributed by atoms with Gasteiger partial charge < -0.3 is 25.2 Å². The first kappa shape index (κ1) is 27.3. The van der Waals surface area contributed by atoms with Crippen LogP contribution in [0.15, 0.2) is 54.6 Å². The molecule has 200 valence electrons. The molecule has 0 radical (unpaired) electrons. The van der Waals surface area contributed by atoms with E-state index in [0.29, 0.717) is 41.2 Å². The number of rotatable bonds is 8. The van der Waals surface area contributed by atoms with Crippen LogP contribution in [0.25, 0.3) is 0 Å². The van der Waals surface area contributed by atoms with Crippen LogP contribution in [0.5, 0.6) is 5.75 Å². The number of hydrogen-bond acceptors (Lipinski definition) is 7. The summed E-state index contributed by atoms with van der Waals surface area (Å²) in [6.07, 6.45) is 7.11. The van der Waals surface area contributed by atoms with Gasteiger partial charge >= 0.3 is 0 Å². The topological polar surface area (TPSA) is 82.6 Å². The van der Waals surface area contributed by atoms with Crippen LogP contribution in [0, 0.1) is 6.92 Å². The molecule has 1 amide bonds. The third kappa shape index (κ3) is 6.02. The molecule has 2 heterocycles. The van der Waals surface area contributed by atoms with Crippen molar-refractivity contribution < 1.29 is 9.53 Å². The van der Waals surface area contributed by atoms with E-state index in [1.165, 1.54) is 24.1 Å². The van der Waals surface area contributed by atoms with Crippen LogP contribution in [0.1, 0.15) is 40.9 Å².